The number of benzene rings is 1. The molecular formula is C11H8ClFN4S. The number of hydrogen-bond donors (Lipinski definition) is 1. The van der Waals surface area contributed by atoms with Crippen LogP contribution < -0.4 is 5.73 Å². The van der Waals surface area contributed by atoms with Crippen molar-refractivity contribution in [3.8, 4) is 0 Å². The van der Waals surface area contributed by atoms with E-state index < -0.39 is 5.82 Å². The molecule has 2 N–H and O–H groups in total. The number of rotatable bonds is 2. The van der Waals surface area contributed by atoms with E-state index in [1.165, 1.54) is 23.5 Å². The zero-order valence-corrected chi connectivity index (χ0v) is 10.7. The second-order valence-corrected chi connectivity index (χ2v) is 5.16. The van der Waals surface area contributed by atoms with E-state index in [4.69, 9.17) is 17.3 Å². The Kier molecular flexibility index (Phi) is 2.68. The number of thiazole rings is 1. The Morgan fingerprint density at radius 2 is 2.28 bits per heavy atom. The van der Waals surface area contributed by atoms with Gasteiger partial charge in [0.05, 0.1) is 28.1 Å². The van der Waals surface area contributed by atoms with Gasteiger partial charge in [-0.3, -0.25) is 4.98 Å². The van der Waals surface area contributed by atoms with E-state index in [0.29, 0.717) is 23.5 Å². The molecule has 0 bridgehead atoms. The van der Waals surface area contributed by atoms with Crippen LogP contribution in [0, 0.1) is 5.82 Å². The van der Waals surface area contributed by atoms with Crippen molar-refractivity contribution in [2.75, 3.05) is 5.73 Å². The smallest absolute Gasteiger partial charge is 0.201 e. The number of fused-ring (bicyclic) bond motifs is 1. The van der Waals surface area contributed by atoms with Crippen molar-refractivity contribution in [2.45, 2.75) is 6.54 Å². The standard InChI is InChI=1S/C11H8ClFN4S/c12-7-1-9-10(2-8(7)13)17(11(14)16-9)4-6-3-15-5-18-6/h1-3,5H,4H2,(H2,14,16). The first-order valence-electron chi connectivity index (χ1n) is 5.13. The summed E-state index contributed by atoms with van der Waals surface area (Å²) in [5.41, 5.74) is 8.79. The fourth-order valence-electron chi connectivity index (χ4n) is 1.78. The zero-order valence-electron chi connectivity index (χ0n) is 9.10. The molecule has 1 aromatic carbocycles. The van der Waals surface area contributed by atoms with Gasteiger partial charge in [-0.2, -0.15) is 0 Å². The number of anilines is 1. The van der Waals surface area contributed by atoms with Gasteiger partial charge in [0.25, 0.3) is 0 Å². The van der Waals surface area contributed by atoms with Crippen molar-refractivity contribution in [1.29, 1.82) is 0 Å². The molecule has 92 valence electrons. The summed E-state index contributed by atoms with van der Waals surface area (Å²) in [6, 6.07) is 2.83. The highest BCUT2D eigenvalue weighted by molar-refractivity contribution is 7.09. The average Bonchev–Trinajstić information content (AvgIpc) is 2.92. The van der Waals surface area contributed by atoms with Crippen LogP contribution in [0.25, 0.3) is 11.0 Å². The second-order valence-electron chi connectivity index (χ2n) is 3.78. The lowest BCUT2D eigenvalue weighted by atomic mass is 10.3. The lowest BCUT2D eigenvalue weighted by molar-refractivity contribution is 0.629. The van der Waals surface area contributed by atoms with E-state index in [0.717, 1.165) is 4.88 Å². The molecule has 0 amide bonds. The third kappa shape index (κ3) is 1.83. The zero-order chi connectivity index (χ0) is 12.7. The van der Waals surface area contributed by atoms with Crippen LogP contribution in [-0.4, -0.2) is 14.5 Å². The molecule has 0 saturated heterocycles. The van der Waals surface area contributed by atoms with Crippen molar-refractivity contribution in [1.82, 2.24) is 14.5 Å². The van der Waals surface area contributed by atoms with Gasteiger partial charge in [-0.1, -0.05) is 11.6 Å². The molecule has 0 aliphatic carbocycles. The summed E-state index contributed by atoms with van der Waals surface area (Å²) in [7, 11) is 0. The number of nitrogens with two attached hydrogens (primary N) is 1. The second kappa shape index (κ2) is 4.22. The molecule has 0 radical (unpaired) electrons. The molecule has 7 heteroatoms. The topological polar surface area (TPSA) is 56.7 Å². The summed E-state index contributed by atoms with van der Waals surface area (Å²) >= 11 is 7.23. The molecule has 0 spiro atoms. The molecule has 18 heavy (non-hydrogen) atoms. The molecule has 0 saturated carbocycles. The number of imidazole rings is 1. The van der Waals surface area contributed by atoms with E-state index in [1.807, 2.05) is 0 Å². The molecule has 3 aromatic rings. The molecule has 2 aromatic heterocycles. The maximum Gasteiger partial charge on any atom is 0.201 e. The van der Waals surface area contributed by atoms with Crippen LogP contribution in [0.3, 0.4) is 0 Å². The highest BCUT2D eigenvalue weighted by Crippen LogP contribution is 2.25. The van der Waals surface area contributed by atoms with Crippen LogP contribution in [0.1, 0.15) is 4.88 Å². The number of aromatic nitrogens is 3. The van der Waals surface area contributed by atoms with Gasteiger partial charge < -0.3 is 10.3 Å². The highest BCUT2D eigenvalue weighted by atomic mass is 35.5. The first-order valence-corrected chi connectivity index (χ1v) is 6.39. The Bertz CT molecular complexity index is 707. The van der Waals surface area contributed by atoms with Crippen LogP contribution in [0.5, 0.6) is 0 Å². The van der Waals surface area contributed by atoms with E-state index in [9.17, 15) is 4.39 Å². The number of nitrogens with zero attached hydrogens (tertiary/aromatic N) is 3. The van der Waals surface area contributed by atoms with Gasteiger partial charge in [0.2, 0.25) is 5.95 Å². The van der Waals surface area contributed by atoms with E-state index in [2.05, 4.69) is 9.97 Å². The number of hydrogen-bond acceptors (Lipinski definition) is 4. The molecule has 2 heterocycles. The Hall–Kier alpha value is -1.66. The minimum atomic E-state index is -0.477. The van der Waals surface area contributed by atoms with Gasteiger partial charge in [-0.05, 0) is 6.07 Å². The largest absolute Gasteiger partial charge is 0.369 e. The Morgan fingerprint density at radius 3 is 3.00 bits per heavy atom. The summed E-state index contributed by atoms with van der Waals surface area (Å²) in [6.45, 7) is 0.522. The van der Waals surface area contributed by atoms with Crippen LogP contribution in [0.2, 0.25) is 5.02 Å². The van der Waals surface area contributed by atoms with Gasteiger partial charge >= 0.3 is 0 Å². The SMILES string of the molecule is Nc1nc2cc(Cl)c(F)cc2n1Cc1cncs1. The molecule has 3 rings (SSSR count). The van der Waals surface area contributed by atoms with Gasteiger partial charge in [0.1, 0.15) is 5.82 Å². The van der Waals surface area contributed by atoms with Crippen molar-refractivity contribution in [3.63, 3.8) is 0 Å². The van der Waals surface area contributed by atoms with Crippen molar-refractivity contribution in [2.24, 2.45) is 0 Å². The van der Waals surface area contributed by atoms with Gasteiger partial charge in [0.15, 0.2) is 0 Å². The Labute approximate surface area is 111 Å². The summed E-state index contributed by atoms with van der Waals surface area (Å²) in [6.07, 6.45) is 1.75. The molecule has 0 atom stereocenters. The predicted molar refractivity (Wildman–Crippen MR) is 70.3 cm³/mol. The van der Waals surface area contributed by atoms with Crippen molar-refractivity contribution < 1.29 is 4.39 Å². The fraction of sp³-hybridized carbons (Fsp3) is 0.0909. The Balaban J connectivity index is 2.16. The van der Waals surface area contributed by atoms with Crippen LogP contribution in [-0.2, 0) is 6.54 Å². The quantitative estimate of drug-likeness (QED) is 0.786. The first kappa shape index (κ1) is 11.4. The molecule has 4 nitrogen and oxygen atoms in total. The first-order chi connectivity index (χ1) is 8.65. The summed E-state index contributed by atoms with van der Waals surface area (Å²) in [5.74, 6) is -0.144. The summed E-state index contributed by atoms with van der Waals surface area (Å²) in [4.78, 5) is 9.19. The predicted octanol–water partition coefficient (Wildman–Crippen LogP) is 2.92. The maximum atomic E-state index is 13.5. The average molecular weight is 283 g/mol. The number of nitrogen functional groups attached to an aromatic ring is 1. The Morgan fingerprint density at radius 1 is 1.44 bits per heavy atom. The van der Waals surface area contributed by atoms with Gasteiger partial charge in [0, 0.05) is 17.1 Å². The highest BCUT2D eigenvalue weighted by Gasteiger charge is 2.12. The minimum Gasteiger partial charge on any atom is -0.369 e. The minimum absolute atomic E-state index is 0.0462. The maximum absolute atomic E-state index is 13.5. The molecule has 0 fully saturated rings. The van der Waals surface area contributed by atoms with Crippen molar-refractivity contribution >= 4 is 39.9 Å². The van der Waals surface area contributed by atoms with Crippen LogP contribution in [0.15, 0.2) is 23.8 Å². The fourth-order valence-corrected chi connectivity index (χ4v) is 2.52. The normalized spacial score (nSPS) is 11.2. The van der Waals surface area contributed by atoms with E-state index >= 15 is 0 Å². The summed E-state index contributed by atoms with van der Waals surface area (Å²) in [5, 5.41) is 0.0462. The number of halogens is 2. The van der Waals surface area contributed by atoms with Crippen LogP contribution in [0.4, 0.5) is 10.3 Å². The van der Waals surface area contributed by atoms with Gasteiger partial charge in [-0.25, -0.2) is 9.37 Å². The van der Waals surface area contributed by atoms with Crippen LogP contribution >= 0.6 is 22.9 Å². The molecule has 0 aliphatic rings. The van der Waals surface area contributed by atoms with E-state index in [-0.39, 0.29) is 5.02 Å². The third-order valence-electron chi connectivity index (χ3n) is 2.62. The summed E-state index contributed by atoms with van der Waals surface area (Å²) < 4.78 is 15.2. The lowest BCUT2D eigenvalue weighted by Crippen LogP contribution is -2.03. The third-order valence-corrected chi connectivity index (χ3v) is 3.67. The van der Waals surface area contributed by atoms with E-state index in [1.54, 1.807) is 16.3 Å². The molecule has 0 aliphatic heterocycles. The lowest BCUT2D eigenvalue weighted by Gasteiger charge is -2.04. The molecule has 0 unspecified atom stereocenters. The van der Waals surface area contributed by atoms with Gasteiger partial charge in [-0.15, -0.1) is 11.3 Å². The van der Waals surface area contributed by atoms with Crippen molar-refractivity contribution in [3.05, 3.63) is 39.6 Å². The molecular weight excluding hydrogens is 275 g/mol. The monoisotopic (exact) mass is 282 g/mol.